The summed E-state index contributed by atoms with van der Waals surface area (Å²) in [6.07, 6.45) is 7.45. The smallest absolute Gasteiger partial charge is 0.173 e. The lowest BCUT2D eigenvalue weighted by molar-refractivity contribution is 0.104. The normalized spacial score (nSPS) is 12.6. The van der Waals surface area contributed by atoms with Gasteiger partial charge in [-0.25, -0.2) is 0 Å². The van der Waals surface area contributed by atoms with Gasteiger partial charge in [-0.2, -0.15) is 0 Å². The van der Waals surface area contributed by atoms with Gasteiger partial charge in [0.2, 0.25) is 0 Å². The molecular formula is C105H92N2O13. The van der Waals surface area contributed by atoms with E-state index in [9.17, 15) is 51.1 Å². The van der Waals surface area contributed by atoms with Gasteiger partial charge in [0.25, 0.3) is 0 Å². The van der Waals surface area contributed by atoms with Crippen LogP contribution >= 0.6 is 0 Å². The molecule has 1 atom stereocenters. The van der Waals surface area contributed by atoms with Crippen molar-refractivity contribution in [1.29, 1.82) is 0 Å². The molecule has 19 rings (SSSR count). The van der Waals surface area contributed by atoms with E-state index in [0.29, 0.717) is 80.3 Å². The number of hydrogen-bond donors (Lipinski definition) is 10. The number of phenolic OH excluding ortho intramolecular Hbond substituents is 9. The van der Waals surface area contributed by atoms with Gasteiger partial charge in [-0.15, -0.1) is 0 Å². The van der Waals surface area contributed by atoms with E-state index in [2.05, 4.69) is 66.8 Å². The van der Waals surface area contributed by atoms with Crippen LogP contribution in [0.1, 0.15) is 75.9 Å². The minimum atomic E-state index is -0.0567. The first kappa shape index (κ1) is 80.5. The van der Waals surface area contributed by atoms with Gasteiger partial charge in [0.1, 0.15) is 76.0 Å². The second-order valence-corrected chi connectivity index (χ2v) is 30.5. The van der Waals surface area contributed by atoms with Gasteiger partial charge < -0.3 is 65.3 Å². The van der Waals surface area contributed by atoms with Crippen molar-refractivity contribution in [1.82, 2.24) is 9.97 Å². The number of hydrogen-bond acceptors (Lipinski definition) is 15. The van der Waals surface area contributed by atoms with Crippen LogP contribution in [0.4, 0.5) is 0 Å². The fourth-order valence-corrected chi connectivity index (χ4v) is 17.0. The molecule has 0 spiro atoms. The van der Waals surface area contributed by atoms with Crippen molar-refractivity contribution in [3.63, 3.8) is 0 Å². The van der Waals surface area contributed by atoms with Crippen molar-refractivity contribution in [2.45, 2.75) is 87.7 Å². The van der Waals surface area contributed by atoms with Crippen LogP contribution in [-0.4, -0.2) is 80.4 Å². The highest BCUT2D eigenvalue weighted by Gasteiger charge is 2.31. The lowest BCUT2D eigenvalue weighted by Crippen LogP contribution is -2.26. The molecule has 15 nitrogen and oxygen atoms in total. The van der Waals surface area contributed by atoms with Crippen molar-refractivity contribution in [3.8, 4) is 142 Å². The van der Waals surface area contributed by atoms with Crippen LogP contribution in [0.15, 0.2) is 256 Å². The molecular weight excluding hydrogens is 1500 g/mol. The Balaban J connectivity index is 0.000000119. The van der Waals surface area contributed by atoms with E-state index >= 15 is 0 Å². The van der Waals surface area contributed by atoms with Gasteiger partial charge in [0.05, 0.1) is 29.4 Å². The minimum Gasteiger partial charge on any atom is -0.507 e. The Labute approximate surface area is 695 Å². The molecule has 15 aromatic carbocycles. The molecule has 0 saturated carbocycles. The molecule has 1 unspecified atom stereocenters. The molecule has 4 heterocycles. The number of ether oxygens (including phenoxy) is 3. The zero-order valence-corrected chi connectivity index (χ0v) is 68.2. The summed E-state index contributed by atoms with van der Waals surface area (Å²) in [5.41, 5.74) is 20.0. The van der Waals surface area contributed by atoms with Crippen LogP contribution in [0.25, 0.3) is 138 Å². The number of rotatable bonds is 8. The van der Waals surface area contributed by atoms with E-state index in [4.69, 9.17) is 14.2 Å². The molecule has 2 aliphatic rings. The molecule has 0 amide bonds. The first-order valence-corrected chi connectivity index (χ1v) is 40.0. The van der Waals surface area contributed by atoms with Crippen molar-refractivity contribution in [3.05, 3.63) is 311 Å². The number of fused-ring (bicyclic) bond motifs is 8. The van der Waals surface area contributed by atoms with Gasteiger partial charge >= 0.3 is 0 Å². The van der Waals surface area contributed by atoms with Gasteiger partial charge in [-0.1, -0.05) is 177 Å². The molecule has 2 aliphatic heterocycles. The largest absolute Gasteiger partial charge is 0.507 e. The Hall–Kier alpha value is -14.7. The predicted molar refractivity (Wildman–Crippen MR) is 484 cm³/mol. The number of phenols is 9. The maximum Gasteiger partial charge on any atom is 0.173 e. The summed E-state index contributed by atoms with van der Waals surface area (Å²) in [6.45, 7) is 22.9. The van der Waals surface area contributed by atoms with Crippen LogP contribution in [0.5, 0.6) is 74.7 Å². The SMILES string of the molecule is C=Cc1ccc2c(-c3c(O)cc(-c4ccccc4)c4c(C)c(CC)ccc34)c(O)cc(C)c2c1.Cc1cc(O)c(-c2c(O)ccc3c2OCC(C)O3)c2c1OCCC2.Cc1cc2ccccc2c(O)c1-c1c(O)cc2ccccc2c1C.Cc1cccc(O)c1-c1c(C)cccc1O.Oc1ccc2ncccc2c1-c1c(O)cnc2ccccc12. The number of aromatic hydroxyl groups is 10. The van der Waals surface area contributed by atoms with Crippen LogP contribution in [0.3, 0.4) is 0 Å². The van der Waals surface area contributed by atoms with Crippen LogP contribution in [-0.2, 0) is 12.8 Å². The first-order valence-electron chi connectivity index (χ1n) is 40.0. The molecule has 0 radical (unpaired) electrons. The predicted octanol–water partition coefficient (Wildman–Crippen LogP) is 25.0. The maximum atomic E-state index is 11.4. The standard InChI is InChI=1S/C32H28O2.C22H18O2.C19H20O5.C18H12N2O2.C14H14O2/c1-5-21-12-14-24-26(17-21)19(3)16-28(33)31(24)32-25-15-13-22(6-2)20(4)30(25)27(18-29(32)34)23-10-8-7-9-11-23;1-13-11-15-7-4-6-10-18(15)22(24)20(13)21-14(2)17-9-5-3-8-16(17)12-19(21)23;1-10-8-14(21)16(12-4-3-7-22-18(10)12)17-13(20)5-6-15-19(17)23-9-11(2)24-15;21-15-8-7-14-12(5-3-9-19-14)17(15)18-11-4-1-2-6-13(11)20-10-16(18)22;1-9-5-3-7-11(15)13(9)14-10(2)6-4-8-12(14)16/h5,7-18,33-34H,1,6H2,2-4H3;3-12,23-24H,1-2H3;5-6,8,11,20-21H,3-4,7,9H2,1-2H3;1-10,21-22H;3-8,15-16H,1-2H3. The maximum absolute atomic E-state index is 11.4. The zero-order valence-electron chi connectivity index (χ0n) is 68.2. The molecule has 0 saturated heterocycles. The highest BCUT2D eigenvalue weighted by Crippen LogP contribution is 2.55. The lowest BCUT2D eigenvalue weighted by atomic mass is 9.85. The molecule has 0 bridgehead atoms. The lowest BCUT2D eigenvalue weighted by Gasteiger charge is -2.28. The average molecular weight is 1590 g/mol. The Bertz CT molecular complexity index is 6630. The molecule has 17 aromatic rings. The minimum absolute atomic E-state index is 0.0327. The Kier molecular flexibility index (Phi) is 22.7. The Morgan fingerprint density at radius 3 is 1.66 bits per heavy atom. The monoisotopic (exact) mass is 1590 g/mol. The van der Waals surface area contributed by atoms with Gasteiger partial charge in [-0.05, 0) is 252 Å². The molecule has 600 valence electrons. The van der Waals surface area contributed by atoms with E-state index in [1.807, 2.05) is 188 Å². The fourth-order valence-electron chi connectivity index (χ4n) is 17.0. The summed E-state index contributed by atoms with van der Waals surface area (Å²) in [5.74, 6) is 3.27. The zero-order chi connectivity index (χ0) is 84.5. The third-order valence-corrected chi connectivity index (χ3v) is 22.7. The summed E-state index contributed by atoms with van der Waals surface area (Å²) >= 11 is 0. The highest BCUT2D eigenvalue weighted by molar-refractivity contribution is 6.15. The van der Waals surface area contributed by atoms with Crippen LogP contribution < -0.4 is 14.2 Å². The summed E-state index contributed by atoms with van der Waals surface area (Å²) < 4.78 is 17.5. The summed E-state index contributed by atoms with van der Waals surface area (Å²) in [6, 6.07) is 73.9. The fraction of sp³-hybridized carbons (Fsp3) is 0.143. The Morgan fingerprint density at radius 2 is 0.958 bits per heavy atom. The van der Waals surface area contributed by atoms with Crippen molar-refractivity contribution in [2.75, 3.05) is 13.2 Å². The van der Waals surface area contributed by atoms with Crippen molar-refractivity contribution < 1.29 is 65.3 Å². The summed E-state index contributed by atoms with van der Waals surface area (Å²) in [4.78, 5) is 8.54. The number of aromatic nitrogens is 2. The van der Waals surface area contributed by atoms with Gasteiger partial charge in [0.15, 0.2) is 11.5 Å². The number of aryl methyl sites for hydroxylation is 8. The molecule has 0 fully saturated rings. The molecule has 2 aromatic heterocycles. The topological polar surface area (TPSA) is 256 Å². The highest BCUT2D eigenvalue weighted by atomic mass is 16.6. The molecule has 120 heavy (non-hydrogen) atoms. The third-order valence-electron chi connectivity index (χ3n) is 22.7. The van der Waals surface area contributed by atoms with E-state index in [0.717, 1.165) is 146 Å². The number of nitrogens with zero attached hydrogens (tertiary/aromatic N) is 2. The number of para-hydroxylation sites is 1. The van der Waals surface area contributed by atoms with E-state index < -0.39 is 0 Å². The van der Waals surface area contributed by atoms with E-state index in [1.54, 1.807) is 72.9 Å². The summed E-state index contributed by atoms with van der Waals surface area (Å²) in [7, 11) is 0. The average Bonchev–Trinajstić information content (AvgIpc) is 0.662. The molecule has 15 heteroatoms. The Morgan fingerprint density at radius 1 is 0.392 bits per heavy atom. The van der Waals surface area contributed by atoms with Gasteiger partial charge in [0, 0.05) is 78.0 Å². The first-order chi connectivity index (χ1) is 57.9. The number of benzene rings is 15. The molecule has 10 N–H and O–H groups in total. The van der Waals surface area contributed by atoms with Crippen molar-refractivity contribution >= 4 is 71.0 Å². The quantitative estimate of drug-likeness (QED) is 0.0679. The van der Waals surface area contributed by atoms with Crippen LogP contribution in [0, 0.1) is 48.5 Å². The second-order valence-electron chi connectivity index (χ2n) is 30.5. The molecule has 0 aliphatic carbocycles. The van der Waals surface area contributed by atoms with Gasteiger partial charge in [-0.3, -0.25) is 9.97 Å². The van der Waals surface area contributed by atoms with Crippen LogP contribution in [0.2, 0.25) is 0 Å². The second kappa shape index (κ2) is 33.9. The van der Waals surface area contributed by atoms with E-state index in [1.165, 1.54) is 17.3 Å². The summed E-state index contributed by atoms with van der Waals surface area (Å²) in [5, 5.41) is 115. The number of pyridine rings is 2. The van der Waals surface area contributed by atoms with Crippen molar-refractivity contribution in [2.24, 2.45) is 0 Å². The third kappa shape index (κ3) is 15.2. The van der Waals surface area contributed by atoms with E-state index in [-0.39, 0.29) is 63.6 Å².